The van der Waals surface area contributed by atoms with E-state index >= 15 is 0 Å². The minimum Gasteiger partial charge on any atom is -0.330 e. The van der Waals surface area contributed by atoms with Gasteiger partial charge in [-0.2, -0.15) is 0 Å². The Morgan fingerprint density at radius 1 is 1.11 bits per heavy atom. The fourth-order valence-electron chi connectivity index (χ4n) is 2.25. The van der Waals surface area contributed by atoms with Crippen molar-refractivity contribution >= 4 is 0 Å². The first-order valence-electron chi connectivity index (χ1n) is 7.01. The van der Waals surface area contributed by atoms with E-state index in [9.17, 15) is 0 Å². The van der Waals surface area contributed by atoms with E-state index in [-0.39, 0.29) is 5.41 Å². The fourth-order valence-corrected chi connectivity index (χ4v) is 2.25. The highest BCUT2D eigenvalue weighted by atomic mass is 15.1. The largest absolute Gasteiger partial charge is 0.330 e. The van der Waals surface area contributed by atoms with E-state index in [1.807, 2.05) is 0 Å². The quantitative estimate of drug-likeness (QED) is 0.803. The van der Waals surface area contributed by atoms with Crippen LogP contribution in [0.5, 0.6) is 0 Å². The van der Waals surface area contributed by atoms with Crippen molar-refractivity contribution in [1.82, 2.24) is 4.90 Å². The van der Waals surface area contributed by atoms with Gasteiger partial charge in [0, 0.05) is 13.1 Å². The molecule has 0 heterocycles. The second-order valence-electron chi connectivity index (χ2n) is 5.79. The molecule has 0 amide bonds. The molecule has 102 valence electrons. The SMILES string of the molecule is CCc1ccccc1CN(CC)CC(C)(C)CN. The van der Waals surface area contributed by atoms with Crippen molar-refractivity contribution in [3.63, 3.8) is 0 Å². The molecule has 0 aromatic heterocycles. The van der Waals surface area contributed by atoms with Gasteiger partial charge in [-0.15, -0.1) is 0 Å². The summed E-state index contributed by atoms with van der Waals surface area (Å²) in [6, 6.07) is 8.74. The third-order valence-corrected chi connectivity index (χ3v) is 3.54. The van der Waals surface area contributed by atoms with Crippen LogP contribution in [0.15, 0.2) is 24.3 Å². The summed E-state index contributed by atoms with van der Waals surface area (Å²) >= 11 is 0. The lowest BCUT2D eigenvalue weighted by molar-refractivity contribution is 0.183. The van der Waals surface area contributed by atoms with Crippen LogP contribution in [0.4, 0.5) is 0 Å². The van der Waals surface area contributed by atoms with Gasteiger partial charge in [-0.1, -0.05) is 52.0 Å². The standard InChI is InChI=1S/C16H28N2/c1-5-14-9-7-8-10-15(14)11-18(6-2)13-16(3,4)12-17/h7-10H,5-6,11-13,17H2,1-4H3. The van der Waals surface area contributed by atoms with Crippen LogP contribution in [0.1, 0.15) is 38.8 Å². The summed E-state index contributed by atoms with van der Waals surface area (Å²) in [5, 5.41) is 0. The van der Waals surface area contributed by atoms with Gasteiger partial charge >= 0.3 is 0 Å². The Morgan fingerprint density at radius 2 is 1.72 bits per heavy atom. The fraction of sp³-hybridized carbons (Fsp3) is 0.625. The molecule has 0 saturated heterocycles. The van der Waals surface area contributed by atoms with Gasteiger partial charge in [0.15, 0.2) is 0 Å². The zero-order valence-corrected chi connectivity index (χ0v) is 12.4. The molecule has 0 saturated carbocycles. The average molecular weight is 248 g/mol. The van der Waals surface area contributed by atoms with Crippen molar-refractivity contribution in [3.05, 3.63) is 35.4 Å². The first-order chi connectivity index (χ1) is 8.52. The first kappa shape index (κ1) is 15.2. The lowest BCUT2D eigenvalue weighted by Crippen LogP contribution is -2.38. The third kappa shape index (κ3) is 4.43. The molecular weight excluding hydrogens is 220 g/mol. The number of hydrogen-bond donors (Lipinski definition) is 1. The van der Waals surface area contributed by atoms with Crippen LogP contribution >= 0.6 is 0 Å². The summed E-state index contributed by atoms with van der Waals surface area (Å²) in [7, 11) is 0. The van der Waals surface area contributed by atoms with Gasteiger partial charge in [0.05, 0.1) is 0 Å². The molecule has 0 aliphatic rings. The predicted molar refractivity (Wildman–Crippen MR) is 79.6 cm³/mol. The summed E-state index contributed by atoms with van der Waals surface area (Å²) in [6.45, 7) is 12.8. The lowest BCUT2D eigenvalue weighted by Gasteiger charge is -2.31. The molecule has 2 heteroatoms. The maximum absolute atomic E-state index is 5.83. The van der Waals surface area contributed by atoms with Gasteiger partial charge in [-0.05, 0) is 36.1 Å². The highest BCUT2D eigenvalue weighted by molar-refractivity contribution is 5.26. The summed E-state index contributed by atoms with van der Waals surface area (Å²) in [6.07, 6.45) is 1.11. The van der Waals surface area contributed by atoms with Crippen LogP contribution < -0.4 is 5.73 Å². The van der Waals surface area contributed by atoms with Crippen LogP contribution in [-0.4, -0.2) is 24.5 Å². The molecule has 0 atom stereocenters. The smallest absolute Gasteiger partial charge is 0.0236 e. The van der Waals surface area contributed by atoms with Gasteiger partial charge in [-0.3, -0.25) is 4.90 Å². The van der Waals surface area contributed by atoms with E-state index < -0.39 is 0 Å². The number of rotatable bonds is 7. The zero-order chi connectivity index (χ0) is 13.6. The highest BCUT2D eigenvalue weighted by Gasteiger charge is 2.19. The second kappa shape index (κ2) is 6.91. The molecule has 0 aliphatic carbocycles. The molecular formula is C16H28N2. The molecule has 0 radical (unpaired) electrons. The number of aryl methyl sites for hydroxylation is 1. The Bertz CT molecular complexity index is 358. The number of nitrogens with zero attached hydrogens (tertiary/aromatic N) is 1. The molecule has 2 nitrogen and oxygen atoms in total. The maximum atomic E-state index is 5.83. The van der Waals surface area contributed by atoms with Crippen LogP contribution in [0.2, 0.25) is 0 Å². The second-order valence-corrected chi connectivity index (χ2v) is 5.79. The van der Waals surface area contributed by atoms with Gasteiger partial charge in [0.1, 0.15) is 0 Å². The molecule has 1 aromatic rings. The molecule has 0 aliphatic heterocycles. The number of nitrogens with two attached hydrogens (primary N) is 1. The van der Waals surface area contributed by atoms with E-state index in [0.29, 0.717) is 0 Å². The minimum absolute atomic E-state index is 0.192. The lowest BCUT2D eigenvalue weighted by atomic mass is 9.92. The monoisotopic (exact) mass is 248 g/mol. The molecule has 1 aromatic carbocycles. The van der Waals surface area contributed by atoms with Gasteiger partial charge in [-0.25, -0.2) is 0 Å². The summed E-state index contributed by atoms with van der Waals surface area (Å²) in [4.78, 5) is 2.49. The van der Waals surface area contributed by atoms with Crippen molar-refractivity contribution in [2.75, 3.05) is 19.6 Å². The predicted octanol–water partition coefficient (Wildman–Crippen LogP) is 3.06. The topological polar surface area (TPSA) is 29.3 Å². The normalized spacial score (nSPS) is 12.1. The molecule has 2 N–H and O–H groups in total. The Kier molecular flexibility index (Phi) is 5.83. The molecule has 0 bridgehead atoms. The number of benzene rings is 1. The van der Waals surface area contributed by atoms with Crippen LogP contribution in [0.25, 0.3) is 0 Å². The van der Waals surface area contributed by atoms with Gasteiger partial charge < -0.3 is 5.73 Å². The van der Waals surface area contributed by atoms with E-state index in [1.165, 1.54) is 11.1 Å². The van der Waals surface area contributed by atoms with Crippen LogP contribution in [0, 0.1) is 5.41 Å². The van der Waals surface area contributed by atoms with Gasteiger partial charge in [0.25, 0.3) is 0 Å². The summed E-state index contributed by atoms with van der Waals surface area (Å²) < 4.78 is 0. The minimum atomic E-state index is 0.192. The van der Waals surface area contributed by atoms with Crippen LogP contribution in [-0.2, 0) is 13.0 Å². The highest BCUT2D eigenvalue weighted by Crippen LogP contribution is 2.18. The van der Waals surface area contributed by atoms with Crippen molar-refractivity contribution in [1.29, 1.82) is 0 Å². The Morgan fingerprint density at radius 3 is 2.22 bits per heavy atom. The van der Waals surface area contributed by atoms with Gasteiger partial charge in [0.2, 0.25) is 0 Å². The Hall–Kier alpha value is -0.860. The summed E-state index contributed by atoms with van der Waals surface area (Å²) in [5.74, 6) is 0. The van der Waals surface area contributed by atoms with E-state index in [0.717, 1.165) is 32.6 Å². The average Bonchev–Trinajstić information content (AvgIpc) is 2.38. The Labute approximate surface area is 112 Å². The molecule has 18 heavy (non-hydrogen) atoms. The first-order valence-corrected chi connectivity index (χ1v) is 7.01. The molecule has 0 spiro atoms. The molecule has 0 unspecified atom stereocenters. The van der Waals surface area contributed by atoms with Crippen molar-refractivity contribution < 1.29 is 0 Å². The van der Waals surface area contributed by atoms with Crippen LogP contribution in [0.3, 0.4) is 0 Å². The van der Waals surface area contributed by atoms with Crippen molar-refractivity contribution in [3.8, 4) is 0 Å². The third-order valence-electron chi connectivity index (χ3n) is 3.54. The summed E-state index contributed by atoms with van der Waals surface area (Å²) in [5.41, 5.74) is 8.94. The molecule has 1 rings (SSSR count). The van der Waals surface area contributed by atoms with E-state index in [2.05, 4.69) is 56.9 Å². The number of hydrogen-bond acceptors (Lipinski definition) is 2. The van der Waals surface area contributed by atoms with Crippen molar-refractivity contribution in [2.45, 2.75) is 40.7 Å². The molecule has 0 fully saturated rings. The van der Waals surface area contributed by atoms with E-state index in [1.54, 1.807) is 0 Å². The van der Waals surface area contributed by atoms with E-state index in [4.69, 9.17) is 5.73 Å². The maximum Gasteiger partial charge on any atom is 0.0236 e. The van der Waals surface area contributed by atoms with Crippen molar-refractivity contribution in [2.24, 2.45) is 11.1 Å². The Balaban J connectivity index is 2.74. The zero-order valence-electron chi connectivity index (χ0n) is 12.4.